The van der Waals surface area contributed by atoms with Gasteiger partial charge in [0.1, 0.15) is 11.5 Å². The fourth-order valence-electron chi connectivity index (χ4n) is 3.14. The van der Waals surface area contributed by atoms with Crippen molar-refractivity contribution in [1.29, 1.82) is 0 Å². The minimum absolute atomic E-state index is 0.102. The summed E-state index contributed by atoms with van der Waals surface area (Å²) >= 11 is 0. The summed E-state index contributed by atoms with van der Waals surface area (Å²) in [6, 6.07) is 14.6. The number of aliphatic carboxylic acids is 1. The van der Waals surface area contributed by atoms with Crippen molar-refractivity contribution in [3.8, 4) is 11.5 Å². The molecule has 7 nitrogen and oxygen atoms in total. The van der Waals surface area contributed by atoms with Crippen molar-refractivity contribution in [2.24, 2.45) is 5.10 Å². The van der Waals surface area contributed by atoms with Crippen molar-refractivity contribution in [3.05, 3.63) is 59.7 Å². The maximum absolute atomic E-state index is 12.7. The van der Waals surface area contributed by atoms with Crippen LogP contribution in [0.3, 0.4) is 0 Å². The number of amides is 1. The highest BCUT2D eigenvalue weighted by atomic mass is 16.5. The Balaban J connectivity index is 1.91. The Kier molecular flexibility index (Phi) is 5.93. The summed E-state index contributed by atoms with van der Waals surface area (Å²) in [7, 11) is 3.19. The zero-order chi connectivity index (χ0) is 20.1. The van der Waals surface area contributed by atoms with Gasteiger partial charge in [-0.15, -0.1) is 0 Å². The molecule has 28 heavy (non-hydrogen) atoms. The smallest absolute Gasteiger partial charge is 0.303 e. The highest BCUT2D eigenvalue weighted by molar-refractivity contribution is 6.03. The molecule has 1 atom stereocenters. The summed E-state index contributed by atoms with van der Waals surface area (Å²) in [6.07, 6.45) is 0.195. The lowest BCUT2D eigenvalue weighted by Crippen LogP contribution is -2.27. The van der Waals surface area contributed by atoms with Gasteiger partial charge in [0.25, 0.3) is 0 Å². The normalized spacial score (nSPS) is 15.9. The Hall–Kier alpha value is -3.35. The Morgan fingerprint density at radius 3 is 2.43 bits per heavy atom. The van der Waals surface area contributed by atoms with Crippen LogP contribution in [0.25, 0.3) is 0 Å². The van der Waals surface area contributed by atoms with E-state index in [-0.39, 0.29) is 24.8 Å². The molecule has 0 aliphatic carbocycles. The summed E-state index contributed by atoms with van der Waals surface area (Å²) < 4.78 is 10.5. The van der Waals surface area contributed by atoms with E-state index in [1.165, 1.54) is 5.01 Å². The average molecular weight is 382 g/mol. The number of nitrogens with zero attached hydrogens (tertiary/aromatic N) is 2. The number of hydrogen-bond donors (Lipinski definition) is 1. The van der Waals surface area contributed by atoms with Crippen LogP contribution in [0, 0.1) is 0 Å². The summed E-state index contributed by atoms with van der Waals surface area (Å²) in [5.41, 5.74) is 2.54. The zero-order valence-corrected chi connectivity index (χ0v) is 15.8. The van der Waals surface area contributed by atoms with Crippen LogP contribution < -0.4 is 9.47 Å². The second-order valence-electron chi connectivity index (χ2n) is 6.40. The molecule has 0 saturated carbocycles. The number of hydrogen-bond acceptors (Lipinski definition) is 5. The van der Waals surface area contributed by atoms with Crippen LogP contribution >= 0.6 is 0 Å². The van der Waals surface area contributed by atoms with E-state index in [0.29, 0.717) is 12.2 Å². The van der Waals surface area contributed by atoms with E-state index in [1.807, 2.05) is 48.5 Å². The Labute approximate surface area is 163 Å². The minimum atomic E-state index is -1.01. The van der Waals surface area contributed by atoms with Crippen molar-refractivity contribution in [1.82, 2.24) is 5.01 Å². The number of benzene rings is 2. The summed E-state index contributed by atoms with van der Waals surface area (Å²) in [5.74, 6) is 0.0954. The van der Waals surface area contributed by atoms with Crippen LogP contribution in [0.1, 0.15) is 36.4 Å². The molecule has 0 radical (unpaired) electrons. The van der Waals surface area contributed by atoms with Crippen molar-refractivity contribution in [2.75, 3.05) is 14.2 Å². The van der Waals surface area contributed by atoms with Crippen molar-refractivity contribution >= 4 is 17.6 Å². The van der Waals surface area contributed by atoms with E-state index in [0.717, 1.165) is 22.6 Å². The molecule has 1 heterocycles. The molecule has 0 saturated heterocycles. The van der Waals surface area contributed by atoms with Crippen LogP contribution in [-0.4, -0.2) is 41.9 Å². The molecule has 7 heteroatoms. The lowest BCUT2D eigenvalue weighted by molar-refractivity contribution is -0.141. The van der Waals surface area contributed by atoms with Crippen molar-refractivity contribution in [3.63, 3.8) is 0 Å². The first-order valence-corrected chi connectivity index (χ1v) is 8.91. The predicted octanol–water partition coefficient (Wildman–Crippen LogP) is 3.25. The second-order valence-corrected chi connectivity index (χ2v) is 6.40. The van der Waals surface area contributed by atoms with E-state index in [9.17, 15) is 9.59 Å². The number of methoxy groups -OCH3 is 2. The number of carbonyl (C=O) groups excluding carboxylic acids is 1. The molecule has 0 fully saturated rings. The van der Waals surface area contributed by atoms with Gasteiger partial charge in [0.2, 0.25) is 5.91 Å². The van der Waals surface area contributed by atoms with Gasteiger partial charge in [-0.3, -0.25) is 9.59 Å². The molecule has 2 aromatic rings. The SMILES string of the molecule is COc1ccc(C2=NN(C(=O)CCC(=O)O)[C@H](c3cccc(OC)c3)C2)cc1. The van der Waals surface area contributed by atoms with Gasteiger partial charge in [-0.1, -0.05) is 12.1 Å². The van der Waals surface area contributed by atoms with Crippen LogP contribution in [0.5, 0.6) is 11.5 Å². The highest BCUT2D eigenvalue weighted by Crippen LogP contribution is 2.35. The summed E-state index contributed by atoms with van der Waals surface area (Å²) in [4.78, 5) is 23.5. The van der Waals surface area contributed by atoms with Gasteiger partial charge >= 0.3 is 5.97 Å². The van der Waals surface area contributed by atoms with Crippen LogP contribution in [0.4, 0.5) is 0 Å². The van der Waals surface area contributed by atoms with Crippen LogP contribution in [0.2, 0.25) is 0 Å². The average Bonchev–Trinajstić information content (AvgIpc) is 3.17. The second kappa shape index (κ2) is 8.56. The molecule has 1 amide bonds. The largest absolute Gasteiger partial charge is 0.497 e. The van der Waals surface area contributed by atoms with Gasteiger partial charge in [-0.05, 0) is 47.5 Å². The van der Waals surface area contributed by atoms with Gasteiger partial charge < -0.3 is 14.6 Å². The number of ether oxygens (including phenoxy) is 2. The molecule has 0 aromatic heterocycles. The first kappa shape index (κ1) is 19.4. The molecule has 0 spiro atoms. The van der Waals surface area contributed by atoms with E-state index in [4.69, 9.17) is 14.6 Å². The Bertz CT molecular complexity index is 892. The van der Waals surface area contributed by atoms with E-state index >= 15 is 0 Å². The lowest BCUT2D eigenvalue weighted by Gasteiger charge is -2.22. The fourth-order valence-corrected chi connectivity index (χ4v) is 3.14. The first-order valence-electron chi connectivity index (χ1n) is 8.91. The predicted molar refractivity (Wildman–Crippen MR) is 104 cm³/mol. The molecule has 3 rings (SSSR count). The standard InChI is InChI=1S/C21H22N2O5/c1-27-16-8-6-14(7-9-16)18-13-19(15-4-3-5-17(12-15)28-2)23(22-18)20(24)10-11-21(25)26/h3-9,12,19H,10-11,13H2,1-2H3,(H,25,26)/t19-/m0/s1. The van der Waals surface area contributed by atoms with Crippen LogP contribution in [-0.2, 0) is 9.59 Å². The van der Waals surface area contributed by atoms with E-state index < -0.39 is 5.97 Å². The molecule has 0 bridgehead atoms. The van der Waals surface area contributed by atoms with E-state index in [2.05, 4.69) is 5.10 Å². The van der Waals surface area contributed by atoms with Crippen LogP contribution in [0.15, 0.2) is 53.6 Å². The number of rotatable bonds is 7. The Morgan fingerprint density at radius 1 is 1.07 bits per heavy atom. The quantitative estimate of drug-likeness (QED) is 0.794. The number of carboxylic acids is 1. The van der Waals surface area contributed by atoms with Gasteiger partial charge in [0.15, 0.2) is 0 Å². The molecular weight excluding hydrogens is 360 g/mol. The third kappa shape index (κ3) is 4.31. The molecule has 1 N–H and O–H groups in total. The van der Waals surface area contributed by atoms with E-state index in [1.54, 1.807) is 14.2 Å². The summed E-state index contributed by atoms with van der Waals surface area (Å²) in [5, 5.41) is 14.8. The van der Waals surface area contributed by atoms with Gasteiger partial charge in [0, 0.05) is 12.8 Å². The molecule has 0 unspecified atom stereocenters. The zero-order valence-electron chi connectivity index (χ0n) is 15.8. The molecular formula is C21H22N2O5. The fraction of sp³-hybridized carbons (Fsp3) is 0.286. The lowest BCUT2D eigenvalue weighted by atomic mass is 9.98. The minimum Gasteiger partial charge on any atom is -0.497 e. The summed E-state index contributed by atoms with van der Waals surface area (Å²) in [6.45, 7) is 0. The van der Waals surface area contributed by atoms with Crippen molar-refractivity contribution in [2.45, 2.75) is 25.3 Å². The third-order valence-corrected chi connectivity index (χ3v) is 4.62. The monoisotopic (exact) mass is 382 g/mol. The maximum atomic E-state index is 12.7. The topological polar surface area (TPSA) is 88.4 Å². The number of hydrazone groups is 1. The molecule has 146 valence electrons. The molecule has 2 aromatic carbocycles. The maximum Gasteiger partial charge on any atom is 0.303 e. The molecule has 1 aliphatic rings. The molecule has 1 aliphatic heterocycles. The number of carboxylic acid groups (broad SMARTS) is 1. The Morgan fingerprint density at radius 2 is 1.79 bits per heavy atom. The van der Waals surface area contributed by atoms with Crippen molar-refractivity contribution < 1.29 is 24.2 Å². The first-order chi connectivity index (χ1) is 13.5. The van der Waals surface area contributed by atoms with Gasteiger partial charge in [0.05, 0.1) is 32.4 Å². The highest BCUT2D eigenvalue weighted by Gasteiger charge is 2.33. The van der Waals surface area contributed by atoms with Gasteiger partial charge in [-0.25, -0.2) is 5.01 Å². The third-order valence-electron chi connectivity index (χ3n) is 4.62. The number of carbonyl (C=O) groups is 2. The van der Waals surface area contributed by atoms with Gasteiger partial charge in [-0.2, -0.15) is 5.10 Å².